The SMILES string of the molecule is Cn1nc(C(N)=O)c2ncc(C(=O)O)cc21. The number of nitrogens with two attached hydrogens (primary N) is 1. The normalized spacial score (nSPS) is 10.6. The average Bonchev–Trinajstić information content (AvgIpc) is 2.56. The summed E-state index contributed by atoms with van der Waals surface area (Å²) in [5.41, 5.74) is 5.95. The molecule has 0 aliphatic heterocycles. The van der Waals surface area contributed by atoms with Crippen LogP contribution in [0.25, 0.3) is 11.0 Å². The minimum absolute atomic E-state index is 0.0338. The molecule has 0 bridgehead atoms. The number of carboxylic acid groups (broad SMARTS) is 1. The van der Waals surface area contributed by atoms with Crippen LogP contribution >= 0.6 is 0 Å². The number of carbonyl (C=O) groups excluding carboxylic acids is 1. The van der Waals surface area contributed by atoms with E-state index < -0.39 is 11.9 Å². The molecule has 16 heavy (non-hydrogen) atoms. The van der Waals surface area contributed by atoms with Gasteiger partial charge in [0.1, 0.15) is 5.52 Å². The number of aromatic nitrogens is 3. The predicted molar refractivity (Wildman–Crippen MR) is 54.0 cm³/mol. The monoisotopic (exact) mass is 220 g/mol. The van der Waals surface area contributed by atoms with Crippen LogP contribution in [-0.2, 0) is 7.05 Å². The van der Waals surface area contributed by atoms with E-state index in [2.05, 4.69) is 10.1 Å². The van der Waals surface area contributed by atoms with Crippen molar-refractivity contribution in [1.29, 1.82) is 0 Å². The van der Waals surface area contributed by atoms with E-state index in [-0.39, 0.29) is 11.3 Å². The summed E-state index contributed by atoms with van der Waals surface area (Å²) in [6, 6.07) is 1.39. The van der Waals surface area contributed by atoms with Crippen molar-refractivity contribution in [2.24, 2.45) is 12.8 Å². The van der Waals surface area contributed by atoms with Gasteiger partial charge in [0.05, 0.1) is 11.1 Å². The third kappa shape index (κ3) is 1.38. The lowest BCUT2D eigenvalue weighted by Gasteiger charge is -1.95. The van der Waals surface area contributed by atoms with Crippen LogP contribution in [-0.4, -0.2) is 31.7 Å². The van der Waals surface area contributed by atoms with Crippen LogP contribution in [0.4, 0.5) is 0 Å². The van der Waals surface area contributed by atoms with Gasteiger partial charge in [0.15, 0.2) is 5.69 Å². The number of fused-ring (bicyclic) bond motifs is 1. The van der Waals surface area contributed by atoms with E-state index in [1.807, 2.05) is 0 Å². The number of hydrogen-bond acceptors (Lipinski definition) is 4. The molecule has 0 spiro atoms. The average molecular weight is 220 g/mol. The van der Waals surface area contributed by atoms with Crippen LogP contribution in [0.3, 0.4) is 0 Å². The summed E-state index contributed by atoms with van der Waals surface area (Å²) in [5.74, 6) is -1.78. The lowest BCUT2D eigenvalue weighted by molar-refractivity contribution is 0.0696. The topological polar surface area (TPSA) is 111 Å². The molecule has 1 amide bonds. The second kappa shape index (κ2) is 3.30. The lowest BCUT2D eigenvalue weighted by atomic mass is 10.2. The quantitative estimate of drug-likeness (QED) is 0.725. The van der Waals surface area contributed by atoms with Gasteiger partial charge in [0.25, 0.3) is 5.91 Å². The van der Waals surface area contributed by atoms with E-state index in [9.17, 15) is 9.59 Å². The Labute approximate surface area is 89.5 Å². The molecule has 0 saturated carbocycles. The van der Waals surface area contributed by atoms with Crippen LogP contribution < -0.4 is 5.73 Å². The van der Waals surface area contributed by atoms with Crippen LogP contribution in [0.5, 0.6) is 0 Å². The predicted octanol–water partition coefficient (Wildman–Crippen LogP) is -0.235. The number of amides is 1. The first-order valence-electron chi connectivity index (χ1n) is 4.36. The fourth-order valence-electron chi connectivity index (χ4n) is 1.42. The lowest BCUT2D eigenvalue weighted by Crippen LogP contribution is -2.12. The van der Waals surface area contributed by atoms with Gasteiger partial charge < -0.3 is 10.8 Å². The molecule has 0 radical (unpaired) electrons. The Bertz CT molecular complexity index is 602. The van der Waals surface area contributed by atoms with E-state index in [4.69, 9.17) is 10.8 Å². The summed E-state index contributed by atoms with van der Waals surface area (Å²) in [7, 11) is 1.59. The maximum absolute atomic E-state index is 11.0. The molecule has 2 heterocycles. The molecule has 82 valence electrons. The maximum Gasteiger partial charge on any atom is 0.337 e. The molecule has 2 aromatic heterocycles. The van der Waals surface area contributed by atoms with Gasteiger partial charge in [-0.1, -0.05) is 0 Å². The zero-order chi connectivity index (χ0) is 11.9. The highest BCUT2D eigenvalue weighted by Gasteiger charge is 2.16. The molecule has 0 unspecified atom stereocenters. The Morgan fingerprint density at radius 3 is 2.75 bits per heavy atom. The summed E-state index contributed by atoms with van der Waals surface area (Å²) >= 11 is 0. The Morgan fingerprint density at radius 1 is 1.50 bits per heavy atom. The number of aromatic carboxylic acids is 1. The van der Waals surface area contributed by atoms with E-state index in [0.717, 1.165) is 0 Å². The van der Waals surface area contributed by atoms with Gasteiger partial charge in [0.2, 0.25) is 0 Å². The Balaban J connectivity index is 2.76. The molecule has 0 aliphatic carbocycles. The van der Waals surface area contributed by atoms with Gasteiger partial charge in [-0.3, -0.25) is 14.5 Å². The van der Waals surface area contributed by atoms with Gasteiger partial charge in [-0.25, -0.2) is 4.79 Å². The zero-order valence-corrected chi connectivity index (χ0v) is 8.34. The number of rotatable bonds is 2. The summed E-state index contributed by atoms with van der Waals surface area (Å²) in [4.78, 5) is 25.7. The van der Waals surface area contributed by atoms with Gasteiger partial charge in [-0.2, -0.15) is 5.10 Å². The van der Waals surface area contributed by atoms with Gasteiger partial charge >= 0.3 is 5.97 Å². The van der Waals surface area contributed by atoms with E-state index in [1.54, 1.807) is 7.05 Å². The highest BCUT2D eigenvalue weighted by molar-refractivity contribution is 6.03. The first kappa shape index (κ1) is 10.1. The molecule has 0 fully saturated rings. The van der Waals surface area contributed by atoms with Gasteiger partial charge in [0, 0.05) is 13.2 Å². The maximum atomic E-state index is 11.0. The second-order valence-corrected chi connectivity index (χ2v) is 3.23. The standard InChI is InChI=1S/C9H8N4O3/c1-13-5-2-4(9(15)16)3-11-6(5)7(12-13)8(10)14/h2-3H,1H3,(H2,10,14)(H,15,16). The zero-order valence-electron chi connectivity index (χ0n) is 8.34. The third-order valence-corrected chi connectivity index (χ3v) is 2.17. The van der Waals surface area contributed by atoms with Crippen molar-refractivity contribution in [2.75, 3.05) is 0 Å². The van der Waals surface area contributed by atoms with Crippen molar-refractivity contribution in [3.05, 3.63) is 23.5 Å². The summed E-state index contributed by atoms with van der Waals surface area (Å²) in [6.07, 6.45) is 1.17. The molecular formula is C9H8N4O3. The molecule has 0 aromatic carbocycles. The Morgan fingerprint density at radius 2 is 2.19 bits per heavy atom. The fraction of sp³-hybridized carbons (Fsp3) is 0.111. The summed E-state index contributed by atoms with van der Waals surface area (Å²) in [5, 5.41) is 12.7. The highest BCUT2D eigenvalue weighted by atomic mass is 16.4. The van der Waals surface area contributed by atoms with Gasteiger partial charge in [-0.05, 0) is 6.07 Å². The molecule has 3 N–H and O–H groups in total. The number of pyridine rings is 1. The molecule has 7 heteroatoms. The van der Waals surface area contributed by atoms with Crippen LogP contribution in [0.15, 0.2) is 12.3 Å². The van der Waals surface area contributed by atoms with Crippen molar-refractivity contribution in [2.45, 2.75) is 0 Å². The first-order chi connectivity index (χ1) is 7.50. The fourth-order valence-corrected chi connectivity index (χ4v) is 1.42. The summed E-state index contributed by atoms with van der Waals surface area (Å²) in [6.45, 7) is 0. The van der Waals surface area contributed by atoms with Crippen LogP contribution in [0.2, 0.25) is 0 Å². The second-order valence-electron chi connectivity index (χ2n) is 3.23. The Hall–Kier alpha value is -2.44. The molecular weight excluding hydrogens is 212 g/mol. The van der Waals surface area contributed by atoms with Crippen molar-refractivity contribution in [3.63, 3.8) is 0 Å². The minimum atomic E-state index is -1.09. The number of hydrogen-bond donors (Lipinski definition) is 2. The molecule has 2 aromatic rings. The van der Waals surface area contributed by atoms with Crippen LogP contribution in [0.1, 0.15) is 20.8 Å². The number of carboxylic acids is 1. The van der Waals surface area contributed by atoms with Crippen molar-refractivity contribution < 1.29 is 14.7 Å². The number of nitrogens with zero attached hydrogens (tertiary/aromatic N) is 3. The van der Waals surface area contributed by atoms with Crippen molar-refractivity contribution in [3.8, 4) is 0 Å². The molecule has 0 saturated heterocycles. The molecule has 7 nitrogen and oxygen atoms in total. The smallest absolute Gasteiger partial charge is 0.337 e. The number of carbonyl (C=O) groups is 2. The van der Waals surface area contributed by atoms with E-state index in [0.29, 0.717) is 11.0 Å². The molecule has 0 aliphatic rings. The van der Waals surface area contributed by atoms with Crippen molar-refractivity contribution in [1.82, 2.24) is 14.8 Å². The molecule has 2 rings (SSSR count). The minimum Gasteiger partial charge on any atom is -0.478 e. The van der Waals surface area contributed by atoms with E-state index >= 15 is 0 Å². The number of primary amides is 1. The van der Waals surface area contributed by atoms with Crippen molar-refractivity contribution >= 4 is 22.9 Å². The van der Waals surface area contributed by atoms with Crippen LogP contribution in [0, 0.1) is 0 Å². The number of aryl methyl sites for hydroxylation is 1. The highest BCUT2D eigenvalue weighted by Crippen LogP contribution is 2.16. The third-order valence-electron chi connectivity index (χ3n) is 2.17. The first-order valence-corrected chi connectivity index (χ1v) is 4.36. The summed E-state index contributed by atoms with van der Waals surface area (Å²) < 4.78 is 1.37. The Kier molecular flexibility index (Phi) is 2.08. The largest absolute Gasteiger partial charge is 0.478 e. The van der Waals surface area contributed by atoms with Gasteiger partial charge in [-0.15, -0.1) is 0 Å². The molecule has 0 atom stereocenters. The van der Waals surface area contributed by atoms with E-state index in [1.165, 1.54) is 16.9 Å².